The van der Waals surface area contributed by atoms with Crippen LogP contribution in [0.15, 0.2) is 36.7 Å². The highest BCUT2D eigenvalue weighted by Crippen LogP contribution is 2.29. The van der Waals surface area contributed by atoms with Gasteiger partial charge in [-0.15, -0.1) is 0 Å². The van der Waals surface area contributed by atoms with E-state index < -0.39 is 6.09 Å². The molecule has 0 aliphatic carbocycles. The summed E-state index contributed by atoms with van der Waals surface area (Å²) in [5, 5.41) is 11.2. The molecule has 132 valence electrons. The Morgan fingerprint density at radius 3 is 2.80 bits per heavy atom. The molecule has 0 radical (unpaired) electrons. The molecule has 1 aromatic heterocycles. The lowest BCUT2D eigenvalue weighted by molar-refractivity contribution is 0.153. The normalized spacial score (nSPS) is 13.8. The lowest BCUT2D eigenvalue weighted by Crippen LogP contribution is -2.35. The Bertz CT molecular complexity index is 751. The van der Waals surface area contributed by atoms with Crippen LogP contribution in [0.1, 0.15) is 16.7 Å². The number of anilines is 1. The molecule has 0 unspecified atom stereocenters. The van der Waals surface area contributed by atoms with Crippen LogP contribution in [0.3, 0.4) is 0 Å². The van der Waals surface area contributed by atoms with Crippen LogP contribution in [0, 0.1) is 0 Å². The zero-order chi connectivity index (χ0) is 17.8. The quantitative estimate of drug-likeness (QED) is 0.870. The Morgan fingerprint density at radius 1 is 1.36 bits per heavy atom. The van der Waals surface area contributed by atoms with Crippen LogP contribution in [0.2, 0.25) is 0 Å². The number of rotatable bonds is 5. The van der Waals surface area contributed by atoms with Crippen LogP contribution in [0.4, 0.5) is 10.5 Å². The third-order valence-electron chi connectivity index (χ3n) is 4.32. The summed E-state index contributed by atoms with van der Waals surface area (Å²) in [4.78, 5) is 16.4. The fraction of sp³-hybridized carbons (Fsp3) is 0.333. The number of benzene rings is 1. The number of nitrogens with zero attached hydrogens (tertiary/aromatic N) is 3. The summed E-state index contributed by atoms with van der Waals surface area (Å²) in [5.74, 6) is 0.720. The van der Waals surface area contributed by atoms with Crippen LogP contribution < -0.4 is 10.2 Å². The molecule has 0 bridgehead atoms. The first-order valence-electron chi connectivity index (χ1n) is 8.11. The second-order valence-corrected chi connectivity index (χ2v) is 6.09. The maximum absolute atomic E-state index is 11.1. The van der Waals surface area contributed by atoms with Crippen molar-refractivity contribution in [3.8, 4) is 5.75 Å². The van der Waals surface area contributed by atoms with Crippen molar-refractivity contribution >= 4 is 11.8 Å². The Kier molecular flexibility index (Phi) is 5.04. The fourth-order valence-corrected chi connectivity index (χ4v) is 2.98. The predicted molar refractivity (Wildman–Crippen MR) is 94.5 cm³/mol. The smallest absolute Gasteiger partial charge is 0.407 e. The summed E-state index contributed by atoms with van der Waals surface area (Å²) < 4.78 is 5.48. The predicted octanol–water partition coefficient (Wildman–Crippen LogP) is 2.59. The number of aromatic nitrogens is 1. The number of ether oxygens (including phenoxy) is 1. The van der Waals surface area contributed by atoms with Gasteiger partial charge in [0.15, 0.2) is 0 Å². The second-order valence-electron chi connectivity index (χ2n) is 6.09. The average Bonchev–Trinajstić information content (AvgIpc) is 2.62. The van der Waals surface area contributed by atoms with Crippen molar-refractivity contribution in [3.63, 3.8) is 0 Å². The van der Waals surface area contributed by atoms with E-state index in [4.69, 9.17) is 9.84 Å². The number of hydrogen-bond donors (Lipinski definition) is 2. The van der Waals surface area contributed by atoms with Gasteiger partial charge in [0.25, 0.3) is 0 Å². The summed E-state index contributed by atoms with van der Waals surface area (Å²) in [6, 6.07) is 7.94. The van der Waals surface area contributed by atoms with Crippen molar-refractivity contribution < 1.29 is 14.6 Å². The molecule has 2 heterocycles. The zero-order valence-electron chi connectivity index (χ0n) is 14.4. The summed E-state index contributed by atoms with van der Waals surface area (Å²) in [7, 11) is 3.17. The van der Waals surface area contributed by atoms with Gasteiger partial charge in [0.1, 0.15) is 5.75 Å². The monoisotopic (exact) mass is 342 g/mol. The standard InChI is InChI=1S/C18H22N4O3/c1-21(18(23)24)11-15-9-13-5-8-22(12-14(13)10-17(15)25-2)20-16-3-6-19-7-4-16/h3-4,6-7,9-10H,5,8,11-12H2,1-2H3,(H,19,20)(H,23,24). The Labute approximate surface area is 146 Å². The first-order chi connectivity index (χ1) is 12.1. The van der Waals surface area contributed by atoms with E-state index in [1.807, 2.05) is 18.2 Å². The highest BCUT2D eigenvalue weighted by Gasteiger charge is 2.20. The summed E-state index contributed by atoms with van der Waals surface area (Å²) >= 11 is 0. The third kappa shape index (κ3) is 4.00. The van der Waals surface area contributed by atoms with Crippen LogP contribution >= 0.6 is 0 Å². The molecule has 3 rings (SSSR count). The van der Waals surface area contributed by atoms with E-state index in [-0.39, 0.29) is 0 Å². The summed E-state index contributed by atoms with van der Waals surface area (Å²) in [5.41, 5.74) is 7.71. The van der Waals surface area contributed by atoms with E-state index in [1.165, 1.54) is 16.0 Å². The van der Waals surface area contributed by atoms with Crippen molar-refractivity contribution in [2.75, 3.05) is 26.1 Å². The zero-order valence-corrected chi connectivity index (χ0v) is 14.4. The summed E-state index contributed by atoms with van der Waals surface area (Å²) in [6.07, 6.45) is 3.46. The van der Waals surface area contributed by atoms with Crippen molar-refractivity contribution in [1.82, 2.24) is 14.9 Å². The molecule has 1 aliphatic heterocycles. The van der Waals surface area contributed by atoms with Crippen LogP contribution in [0.5, 0.6) is 5.75 Å². The number of methoxy groups -OCH3 is 1. The molecule has 0 atom stereocenters. The van der Waals surface area contributed by atoms with E-state index in [0.29, 0.717) is 6.54 Å². The topological polar surface area (TPSA) is 77.9 Å². The number of nitrogens with one attached hydrogen (secondary N) is 1. The first kappa shape index (κ1) is 17.0. The van der Waals surface area contributed by atoms with Gasteiger partial charge < -0.3 is 20.2 Å². The molecule has 1 aliphatic rings. The van der Waals surface area contributed by atoms with Gasteiger partial charge in [-0.25, -0.2) is 9.80 Å². The molecule has 7 nitrogen and oxygen atoms in total. The van der Waals surface area contributed by atoms with E-state index in [0.717, 1.165) is 36.5 Å². The first-order valence-corrected chi connectivity index (χ1v) is 8.11. The molecular weight excluding hydrogens is 320 g/mol. The largest absolute Gasteiger partial charge is 0.496 e. The molecule has 25 heavy (non-hydrogen) atoms. The summed E-state index contributed by atoms with van der Waals surface area (Å²) in [6.45, 7) is 1.93. The molecule has 0 fully saturated rings. The number of carbonyl (C=O) groups is 1. The van der Waals surface area contributed by atoms with Gasteiger partial charge in [-0.2, -0.15) is 0 Å². The van der Waals surface area contributed by atoms with E-state index in [1.54, 1.807) is 26.6 Å². The number of carboxylic acid groups (broad SMARTS) is 1. The lowest BCUT2D eigenvalue weighted by Gasteiger charge is -2.31. The Balaban J connectivity index is 1.77. The molecule has 7 heteroatoms. The number of fused-ring (bicyclic) bond motifs is 1. The van der Waals surface area contributed by atoms with Gasteiger partial charge in [-0.05, 0) is 41.8 Å². The van der Waals surface area contributed by atoms with E-state index in [9.17, 15) is 4.79 Å². The van der Waals surface area contributed by atoms with Gasteiger partial charge in [-0.1, -0.05) is 0 Å². The molecule has 2 aromatic rings. The van der Waals surface area contributed by atoms with Crippen LogP contribution in [-0.4, -0.2) is 46.8 Å². The number of amides is 1. The van der Waals surface area contributed by atoms with E-state index in [2.05, 4.69) is 21.5 Å². The van der Waals surface area contributed by atoms with Crippen molar-refractivity contribution in [3.05, 3.63) is 53.3 Å². The molecule has 1 aromatic carbocycles. The van der Waals surface area contributed by atoms with Gasteiger partial charge in [0.2, 0.25) is 0 Å². The molecular formula is C18H22N4O3. The highest BCUT2D eigenvalue weighted by atomic mass is 16.5. The minimum absolute atomic E-state index is 0.310. The highest BCUT2D eigenvalue weighted by molar-refractivity contribution is 5.64. The van der Waals surface area contributed by atoms with Gasteiger partial charge >= 0.3 is 6.09 Å². The molecule has 0 saturated carbocycles. The van der Waals surface area contributed by atoms with Crippen molar-refractivity contribution in [1.29, 1.82) is 0 Å². The number of pyridine rings is 1. The molecule has 0 saturated heterocycles. The van der Waals surface area contributed by atoms with Gasteiger partial charge in [0.05, 0.1) is 19.3 Å². The van der Waals surface area contributed by atoms with Crippen molar-refractivity contribution in [2.24, 2.45) is 0 Å². The fourth-order valence-electron chi connectivity index (χ4n) is 2.98. The molecule has 2 N–H and O–H groups in total. The van der Waals surface area contributed by atoms with E-state index >= 15 is 0 Å². The van der Waals surface area contributed by atoms with Crippen molar-refractivity contribution in [2.45, 2.75) is 19.5 Å². The van der Waals surface area contributed by atoms with Gasteiger partial charge in [-0.3, -0.25) is 4.98 Å². The number of hydrazine groups is 1. The Morgan fingerprint density at radius 2 is 2.12 bits per heavy atom. The molecule has 1 amide bonds. The second kappa shape index (κ2) is 7.40. The lowest BCUT2D eigenvalue weighted by atomic mass is 9.97. The maximum atomic E-state index is 11.1. The molecule has 0 spiro atoms. The Hall–Kier alpha value is -2.80. The maximum Gasteiger partial charge on any atom is 0.407 e. The number of hydrogen-bond acceptors (Lipinski definition) is 5. The third-order valence-corrected chi connectivity index (χ3v) is 4.32. The minimum atomic E-state index is -0.951. The average molecular weight is 342 g/mol. The minimum Gasteiger partial charge on any atom is -0.496 e. The van der Waals surface area contributed by atoms with Crippen LogP contribution in [0.25, 0.3) is 0 Å². The van der Waals surface area contributed by atoms with Crippen LogP contribution in [-0.2, 0) is 19.5 Å². The van der Waals surface area contributed by atoms with Gasteiger partial charge in [0, 0.05) is 38.1 Å². The SMILES string of the molecule is COc1cc2c(cc1CN(C)C(=O)O)CCN(Nc1ccncc1)C2.